The maximum atomic E-state index is 12.6. The first-order chi connectivity index (χ1) is 9.95. The Balaban J connectivity index is 1.97. The minimum atomic E-state index is -3.52. The predicted octanol–water partition coefficient (Wildman–Crippen LogP) is 0.529. The van der Waals surface area contributed by atoms with Crippen LogP contribution in [0.1, 0.15) is 32.6 Å². The third-order valence-electron chi connectivity index (χ3n) is 4.24. The molecule has 21 heavy (non-hydrogen) atoms. The first-order valence-corrected chi connectivity index (χ1v) is 8.94. The van der Waals surface area contributed by atoms with Gasteiger partial charge < -0.3 is 9.84 Å². The molecule has 2 rings (SSSR count). The van der Waals surface area contributed by atoms with Crippen LogP contribution in [0.25, 0.3) is 0 Å². The van der Waals surface area contributed by atoms with Gasteiger partial charge in [0, 0.05) is 32.8 Å². The summed E-state index contributed by atoms with van der Waals surface area (Å²) in [5, 5.41) is 8.98. The fourth-order valence-electron chi connectivity index (χ4n) is 2.90. The van der Waals surface area contributed by atoms with Crippen LogP contribution in [0.3, 0.4) is 0 Å². The highest BCUT2D eigenvalue weighted by molar-refractivity contribution is 7.86. The summed E-state index contributed by atoms with van der Waals surface area (Å²) >= 11 is 0. The van der Waals surface area contributed by atoms with Gasteiger partial charge in [0.05, 0.1) is 12.0 Å². The molecule has 2 fully saturated rings. The number of hydrogen-bond acceptors (Lipinski definition) is 4. The second-order valence-electron chi connectivity index (χ2n) is 5.60. The summed E-state index contributed by atoms with van der Waals surface area (Å²) in [4.78, 5) is 10.9. The smallest absolute Gasteiger partial charge is 0.306 e. The van der Waals surface area contributed by atoms with Gasteiger partial charge in [0.25, 0.3) is 10.2 Å². The van der Waals surface area contributed by atoms with Crippen molar-refractivity contribution >= 4 is 16.2 Å². The summed E-state index contributed by atoms with van der Waals surface area (Å²) in [6.45, 7) is 3.87. The third kappa shape index (κ3) is 3.94. The van der Waals surface area contributed by atoms with Gasteiger partial charge in [-0.25, -0.2) is 0 Å². The predicted molar refractivity (Wildman–Crippen MR) is 77.1 cm³/mol. The Hall–Kier alpha value is -0.700. The topological polar surface area (TPSA) is 87.2 Å². The van der Waals surface area contributed by atoms with Crippen LogP contribution < -0.4 is 0 Å². The van der Waals surface area contributed by atoms with Crippen LogP contribution >= 0.6 is 0 Å². The molecule has 2 aliphatic heterocycles. The molecule has 0 aromatic heterocycles. The van der Waals surface area contributed by atoms with Crippen LogP contribution in [0.2, 0.25) is 0 Å². The van der Waals surface area contributed by atoms with Gasteiger partial charge in [-0.1, -0.05) is 6.92 Å². The fourth-order valence-corrected chi connectivity index (χ4v) is 4.58. The molecule has 0 radical (unpaired) electrons. The molecule has 8 heteroatoms. The number of likely N-dealkylation sites (N-methyl/N-ethyl adjacent to an activating group) is 1. The summed E-state index contributed by atoms with van der Waals surface area (Å²) in [6, 6.07) is 0. The standard InChI is InChI=1S/C13H24N2O5S/c1-2-14(10-12-4-3-9-20-12)21(18,19)15-7-5-11(6-8-15)13(16)17/h11-12H,2-10H2,1H3,(H,16,17). The fraction of sp³-hybridized carbons (Fsp3) is 0.923. The van der Waals surface area contributed by atoms with Crippen molar-refractivity contribution < 1.29 is 23.1 Å². The van der Waals surface area contributed by atoms with Crippen molar-refractivity contribution in [3.05, 3.63) is 0 Å². The van der Waals surface area contributed by atoms with Crippen LogP contribution in [0, 0.1) is 5.92 Å². The van der Waals surface area contributed by atoms with Gasteiger partial charge >= 0.3 is 5.97 Å². The molecule has 0 aromatic rings. The second-order valence-corrected chi connectivity index (χ2v) is 7.53. The summed E-state index contributed by atoms with van der Waals surface area (Å²) in [5.41, 5.74) is 0. The van der Waals surface area contributed by atoms with Crippen LogP contribution in [-0.4, -0.2) is 67.0 Å². The molecule has 1 N–H and O–H groups in total. The number of carbonyl (C=O) groups is 1. The van der Waals surface area contributed by atoms with Gasteiger partial charge in [0.2, 0.25) is 0 Å². The summed E-state index contributed by atoms with van der Waals surface area (Å²) in [7, 11) is -3.52. The highest BCUT2D eigenvalue weighted by Gasteiger charge is 2.35. The summed E-state index contributed by atoms with van der Waals surface area (Å²) in [6.07, 6.45) is 2.62. The number of ether oxygens (including phenoxy) is 1. The summed E-state index contributed by atoms with van der Waals surface area (Å²) < 4.78 is 33.6. The maximum absolute atomic E-state index is 12.6. The highest BCUT2D eigenvalue weighted by Crippen LogP contribution is 2.23. The van der Waals surface area contributed by atoms with E-state index in [2.05, 4.69) is 0 Å². The van der Waals surface area contributed by atoms with Crippen molar-refractivity contribution in [1.29, 1.82) is 0 Å². The van der Waals surface area contributed by atoms with E-state index in [1.54, 1.807) is 0 Å². The van der Waals surface area contributed by atoms with Crippen molar-refractivity contribution in [3.63, 3.8) is 0 Å². The number of rotatable bonds is 6. The zero-order valence-electron chi connectivity index (χ0n) is 12.4. The van der Waals surface area contributed by atoms with Crippen LogP contribution in [0.4, 0.5) is 0 Å². The Bertz CT molecular complexity index is 453. The Morgan fingerprint density at radius 3 is 2.48 bits per heavy atom. The number of aliphatic carboxylic acids is 1. The minimum Gasteiger partial charge on any atom is -0.481 e. The molecule has 0 bridgehead atoms. The van der Waals surface area contributed by atoms with E-state index in [4.69, 9.17) is 9.84 Å². The lowest BCUT2D eigenvalue weighted by Gasteiger charge is -2.34. The first kappa shape index (κ1) is 16.7. The van der Waals surface area contributed by atoms with Gasteiger partial charge in [-0.05, 0) is 25.7 Å². The third-order valence-corrected chi connectivity index (χ3v) is 6.32. The second kappa shape index (κ2) is 7.04. The van der Waals surface area contributed by atoms with Gasteiger partial charge in [-0.3, -0.25) is 4.79 Å². The van der Waals surface area contributed by atoms with Gasteiger partial charge in [0.15, 0.2) is 0 Å². The van der Waals surface area contributed by atoms with E-state index in [1.165, 1.54) is 8.61 Å². The van der Waals surface area contributed by atoms with E-state index in [1.807, 2.05) is 6.92 Å². The molecule has 2 heterocycles. The van der Waals surface area contributed by atoms with Gasteiger partial charge in [-0.2, -0.15) is 17.0 Å². The number of carboxylic acid groups (broad SMARTS) is 1. The van der Waals surface area contributed by atoms with Crippen LogP contribution in [-0.2, 0) is 19.7 Å². The lowest BCUT2D eigenvalue weighted by atomic mass is 9.99. The maximum Gasteiger partial charge on any atom is 0.306 e. The summed E-state index contributed by atoms with van der Waals surface area (Å²) in [5.74, 6) is -1.26. The van der Waals surface area contributed by atoms with E-state index in [0.717, 1.165) is 12.8 Å². The monoisotopic (exact) mass is 320 g/mol. The minimum absolute atomic E-state index is 0.0173. The molecule has 0 aromatic carbocycles. The van der Waals surface area contributed by atoms with E-state index in [0.29, 0.717) is 32.5 Å². The average molecular weight is 320 g/mol. The van der Waals surface area contributed by atoms with Crippen molar-refractivity contribution in [2.75, 3.05) is 32.8 Å². The SMILES string of the molecule is CCN(CC1CCCO1)S(=O)(=O)N1CCC(C(=O)O)CC1. The zero-order valence-corrected chi connectivity index (χ0v) is 13.2. The van der Waals surface area contributed by atoms with Crippen molar-refractivity contribution in [2.45, 2.75) is 38.7 Å². The van der Waals surface area contributed by atoms with E-state index < -0.39 is 22.1 Å². The lowest BCUT2D eigenvalue weighted by Crippen LogP contribution is -2.49. The number of nitrogens with zero attached hydrogens (tertiary/aromatic N) is 2. The molecule has 2 aliphatic rings. The molecular weight excluding hydrogens is 296 g/mol. The van der Waals surface area contributed by atoms with E-state index in [9.17, 15) is 13.2 Å². The molecular formula is C13H24N2O5S. The number of hydrogen-bond donors (Lipinski definition) is 1. The Morgan fingerprint density at radius 2 is 2.00 bits per heavy atom. The Kier molecular flexibility index (Phi) is 5.59. The van der Waals surface area contributed by atoms with Crippen molar-refractivity contribution in [2.24, 2.45) is 5.92 Å². The normalized spacial score (nSPS) is 25.5. The number of carboxylic acids is 1. The lowest BCUT2D eigenvalue weighted by molar-refractivity contribution is -0.142. The van der Waals surface area contributed by atoms with E-state index in [-0.39, 0.29) is 19.2 Å². The molecule has 2 saturated heterocycles. The zero-order chi connectivity index (χ0) is 15.5. The average Bonchev–Trinajstić information content (AvgIpc) is 2.97. The van der Waals surface area contributed by atoms with Crippen LogP contribution in [0.15, 0.2) is 0 Å². The molecule has 0 aliphatic carbocycles. The molecule has 0 amide bonds. The highest BCUT2D eigenvalue weighted by atomic mass is 32.2. The number of piperidine rings is 1. The van der Waals surface area contributed by atoms with Crippen molar-refractivity contribution in [1.82, 2.24) is 8.61 Å². The van der Waals surface area contributed by atoms with E-state index >= 15 is 0 Å². The largest absolute Gasteiger partial charge is 0.481 e. The van der Waals surface area contributed by atoms with Gasteiger partial charge in [0.1, 0.15) is 0 Å². The quantitative estimate of drug-likeness (QED) is 0.771. The van der Waals surface area contributed by atoms with Crippen molar-refractivity contribution in [3.8, 4) is 0 Å². The Labute approximate surface area is 126 Å². The molecule has 122 valence electrons. The van der Waals surface area contributed by atoms with Gasteiger partial charge in [-0.15, -0.1) is 0 Å². The molecule has 1 unspecified atom stereocenters. The molecule has 0 spiro atoms. The molecule has 0 saturated carbocycles. The first-order valence-electron chi connectivity index (χ1n) is 7.54. The molecule has 1 atom stereocenters. The van der Waals surface area contributed by atoms with Crippen LogP contribution in [0.5, 0.6) is 0 Å². The molecule has 7 nitrogen and oxygen atoms in total. The Morgan fingerprint density at radius 1 is 1.33 bits per heavy atom.